The van der Waals surface area contributed by atoms with Gasteiger partial charge in [0.2, 0.25) is 0 Å². The Hall–Kier alpha value is -0.775. The summed E-state index contributed by atoms with van der Waals surface area (Å²) < 4.78 is 13.4. The Balaban J connectivity index is 2.17. The maximum absolute atomic E-state index is 6.18. The summed E-state index contributed by atoms with van der Waals surface area (Å²) in [5, 5.41) is 4.88. The van der Waals surface area contributed by atoms with Crippen molar-refractivity contribution in [2.24, 2.45) is 7.05 Å². The lowest BCUT2D eigenvalue weighted by Gasteiger charge is -2.32. The molecule has 0 aromatic carbocycles. The van der Waals surface area contributed by atoms with E-state index in [1.54, 1.807) is 4.68 Å². The zero-order valence-corrected chi connectivity index (χ0v) is 13.1. The molecule has 1 saturated heterocycles. The first-order chi connectivity index (χ1) is 8.64. The molecule has 0 aliphatic carbocycles. The second-order valence-electron chi connectivity index (χ2n) is 5.90. The van der Waals surface area contributed by atoms with Gasteiger partial charge in [0.05, 0.1) is 16.9 Å². The highest BCUT2D eigenvalue weighted by Crippen LogP contribution is 2.37. The Bertz CT molecular complexity index is 507. The molecule has 1 aliphatic rings. The van der Waals surface area contributed by atoms with Crippen LogP contribution in [0.3, 0.4) is 0 Å². The average molecular weight is 283 g/mol. The molecule has 6 heteroatoms. The molecule has 1 fully saturated rings. The van der Waals surface area contributed by atoms with Crippen molar-refractivity contribution in [2.75, 3.05) is 0 Å². The van der Waals surface area contributed by atoms with E-state index in [1.165, 1.54) is 0 Å². The number of aryl methyl sites for hydroxylation is 2. The zero-order chi connectivity index (χ0) is 14.4. The highest BCUT2D eigenvalue weighted by molar-refractivity contribution is 6.52. The maximum Gasteiger partial charge on any atom is 0.487 e. The fraction of sp³-hybridized carbons (Fsp3) is 0.615. The highest BCUT2D eigenvalue weighted by Gasteiger charge is 2.50. The van der Waals surface area contributed by atoms with Crippen molar-refractivity contribution in [3.63, 3.8) is 0 Å². The standard InChI is InChI=1S/C13H20BClN2O2/c1-9-10(11(15)17(6)16-9)7-8-14-18-12(2,3)13(4,5)19-14/h7-8H,1-6H3. The Morgan fingerprint density at radius 2 is 1.74 bits per heavy atom. The van der Waals surface area contributed by atoms with Crippen molar-refractivity contribution < 1.29 is 9.31 Å². The first-order valence-electron chi connectivity index (χ1n) is 6.37. The summed E-state index contributed by atoms with van der Waals surface area (Å²) >= 11 is 6.18. The summed E-state index contributed by atoms with van der Waals surface area (Å²) in [7, 11) is 1.46. The summed E-state index contributed by atoms with van der Waals surface area (Å²) in [4.78, 5) is 0. The van der Waals surface area contributed by atoms with Crippen LogP contribution in [-0.4, -0.2) is 28.1 Å². The Kier molecular flexibility index (Phi) is 3.58. The largest absolute Gasteiger partial charge is 0.487 e. The van der Waals surface area contributed by atoms with Crippen molar-refractivity contribution in [2.45, 2.75) is 45.8 Å². The molecule has 0 saturated carbocycles. The van der Waals surface area contributed by atoms with Crippen LogP contribution in [0.2, 0.25) is 5.15 Å². The molecule has 2 rings (SSSR count). The van der Waals surface area contributed by atoms with Gasteiger partial charge in [-0.1, -0.05) is 23.7 Å². The lowest BCUT2D eigenvalue weighted by atomic mass is 9.89. The van der Waals surface area contributed by atoms with Crippen LogP contribution in [-0.2, 0) is 16.4 Å². The smallest absolute Gasteiger partial charge is 0.400 e. The van der Waals surface area contributed by atoms with Crippen molar-refractivity contribution in [1.82, 2.24) is 9.78 Å². The summed E-state index contributed by atoms with van der Waals surface area (Å²) in [5.41, 5.74) is 1.14. The maximum atomic E-state index is 6.18. The van der Waals surface area contributed by atoms with Gasteiger partial charge in [0.1, 0.15) is 5.15 Å². The van der Waals surface area contributed by atoms with Crippen molar-refractivity contribution in [3.8, 4) is 0 Å². The normalized spacial score (nSPS) is 21.5. The van der Waals surface area contributed by atoms with Gasteiger partial charge in [-0.25, -0.2) is 0 Å². The number of nitrogens with zero attached hydrogens (tertiary/aromatic N) is 2. The molecule has 1 aromatic heterocycles. The molecule has 1 aromatic rings. The predicted molar refractivity (Wildman–Crippen MR) is 78.1 cm³/mol. The summed E-state index contributed by atoms with van der Waals surface area (Å²) in [6, 6.07) is 0. The summed E-state index contributed by atoms with van der Waals surface area (Å²) in [6.07, 6.45) is 1.91. The second-order valence-corrected chi connectivity index (χ2v) is 6.26. The van der Waals surface area contributed by atoms with Crippen molar-refractivity contribution >= 4 is 24.8 Å². The summed E-state index contributed by atoms with van der Waals surface area (Å²) in [6.45, 7) is 10.0. The van der Waals surface area contributed by atoms with Gasteiger partial charge in [-0.15, -0.1) is 0 Å². The van der Waals surface area contributed by atoms with Gasteiger partial charge < -0.3 is 9.31 Å². The second kappa shape index (κ2) is 4.65. The molecule has 0 bridgehead atoms. The van der Waals surface area contributed by atoms with E-state index in [1.807, 2.05) is 53.7 Å². The van der Waals surface area contributed by atoms with E-state index < -0.39 is 0 Å². The number of halogens is 1. The van der Waals surface area contributed by atoms with Crippen LogP contribution in [0.15, 0.2) is 5.98 Å². The van der Waals surface area contributed by atoms with Crippen LogP contribution < -0.4 is 0 Å². The lowest BCUT2D eigenvalue weighted by molar-refractivity contribution is 0.00578. The van der Waals surface area contributed by atoms with E-state index in [9.17, 15) is 0 Å². The van der Waals surface area contributed by atoms with E-state index in [4.69, 9.17) is 20.9 Å². The van der Waals surface area contributed by atoms with Crippen LogP contribution in [0.25, 0.3) is 6.08 Å². The molecular weight excluding hydrogens is 262 g/mol. The average Bonchev–Trinajstić information content (AvgIpc) is 2.60. The first kappa shape index (κ1) is 14.6. The molecule has 19 heavy (non-hydrogen) atoms. The fourth-order valence-electron chi connectivity index (χ4n) is 1.98. The predicted octanol–water partition coefficient (Wildman–Crippen LogP) is 3.03. The molecular formula is C13H20BClN2O2. The highest BCUT2D eigenvalue weighted by atomic mass is 35.5. The molecule has 0 radical (unpaired) electrons. The van der Waals surface area contributed by atoms with Gasteiger partial charge in [-0.2, -0.15) is 5.10 Å². The van der Waals surface area contributed by atoms with E-state index >= 15 is 0 Å². The van der Waals surface area contributed by atoms with Crippen LogP contribution >= 0.6 is 11.6 Å². The molecule has 0 amide bonds. The summed E-state index contributed by atoms with van der Waals surface area (Å²) in [5.74, 6) is 1.88. The molecule has 104 valence electrons. The van der Waals surface area contributed by atoms with E-state index in [0.717, 1.165) is 11.3 Å². The van der Waals surface area contributed by atoms with Gasteiger partial charge in [0, 0.05) is 12.6 Å². The first-order valence-corrected chi connectivity index (χ1v) is 6.75. The number of rotatable bonds is 2. The van der Waals surface area contributed by atoms with Crippen LogP contribution in [0.5, 0.6) is 0 Å². The number of hydrogen-bond donors (Lipinski definition) is 0. The molecule has 1 aliphatic heterocycles. The van der Waals surface area contributed by atoms with E-state index in [2.05, 4.69) is 5.10 Å². The molecule has 4 nitrogen and oxygen atoms in total. The van der Waals surface area contributed by atoms with Crippen molar-refractivity contribution in [1.29, 1.82) is 0 Å². The zero-order valence-electron chi connectivity index (χ0n) is 12.3. The van der Waals surface area contributed by atoms with E-state index in [0.29, 0.717) is 5.15 Å². The van der Waals surface area contributed by atoms with Crippen LogP contribution in [0.1, 0.15) is 39.0 Å². The third-order valence-corrected chi connectivity index (χ3v) is 4.34. The van der Waals surface area contributed by atoms with Crippen molar-refractivity contribution in [3.05, 3.63) is 22.4 Å². The van der Waals surface area contributed by atoms with Crippen LogP contribution in [0, 0.1) is 6.92 Å². The van der Waals surface area contributed by atoms with Crippen LogP contribution in [0.4, 0.5) is 0 Å². The number of hydrogen-bond acceptors (Lipinski definition) is 3. The third kappa shape index (κ3) is 2.60. The monoisotopic (exact) mass is 282 g/mol. The van der Waals surface area contributed by atoms with E-state index in [-0.39, 0.29) is 18.3 Å². The minimum Gasteiger partial charge on any atom is -0.400 e. The Labute approximate surface area is 119 Å². The quantitative estimate of drug-likeness (QED) is 0.782. The molecule has 0 unspecified atom stereocenters. The Morgan fingerprint density at radius 1 is 1.21 bits per heavy atom. The topological polar surface area (TPSA) is 36.3 Å². The van der Waals surface area contributed by atoms with Gasteiger partial charge in [0.15, 0.2) is 0 Å². The Morgan fingerprint density at radius 3 is 2.16 bits per heavy atom. The minimum atomic E-state index is -0.360. The SMILES string of the molecule is Cc1nn(C)c(Cl)c1C=CB1OC(C)(C)C(C)(C)O1. The van der Waals surface area contributed by atoms with Gasteiger partial charge in [0.25, 0.3) is 0 Å². The van der Waals surface area contributed by atoms with Gasteiger partial charge in [-0.05, 0) is 34.6 Å². The molecule has 0 spiro atoms. The molecule has 0 N–H and O–H groups in total. The minimum absolute atomic E-state index is 0.324. The third-order valence-electron chi connectivity index (χ3n) is 3.89. The van der Waals surface area contributed by atoms with Gasteiger partial charge in [-0.3, -0.25) is 4.68 Å². The lowest BCUT2D eigenvalue weighted by Crippen LogP contribution is -2.41. The molecule has 0 atom stereocenters. The fourth-order valence-corrected chi connectivity index (χ4v) is 2.22. The number of aromatic nitrogens is 2. The molecule has 2 heterocycles. The van der Waals surface area contributed by atoms with Gasteiger partial charge >= 0.3 is 7.12 Å².